The first kappa shape index (κ1) is 16.6. The van der Waals surface area contributed by atoms with E-state index >= 15 is 0 Å². The summed E-state index contributed by atoms with van der Waals surface area (Å²) in [5, 5.41) is 5.98. The molecule has 0 spiro atoms. The zero-order valence-corrected chi connectivity index (χ0v) is 13.8. The van der Waals surface area contributed by atoms with Crippen molar-refractivity contribution in [1.29, 1.82) is 0 Å². The molecule has 1 saturated heterocycles. The fraction of sp³-hybridized carbons (Fsp3) is 0.800. The predicted octanol–water partition coefficient (Wildman–Crippen LogP) is -0.217. The van der Waals surface area contributed by atoms with Crippen LogP contribution >= 0.6 is 0 Å². The van der Waals surface area contributed by atoms with Crippen LogP contribution in [0, 0.1) is 0 Å². The van der Waals surface area contributed by atoms with Crippen LogP contribution in [0.1, 0.15) is 33.6 Å². The Bertz CT molecular complexity index is 445. The molecule has 7 heteroatoms. The first-order valence-electron chi connectivity index (χ1n) is 8.13. The second-order valence-electron chi connectivity index (χ2n) is 6.13. The number of rotatable bonds is 5. The maximum Gasteiger partial charge on any atom is 0.242 e. The second kappa shape index (κ2) is 7.47. The lowest BCUT2D eigenvalue weighted by Gasteiger charge is -2.36. The summed E-state index contributed by atoms with van der Waals surface area (Å²) in [5.41, 5.74) is 0. The molecule has 1 heterocycles. The van der Waals surface area contributed by atoms with Crippen LogP contribution in [0.25, 0.3) is 0 Å². The van der Waals surface area contributed by atoms with Gasteiger partial charge in [-0.15, -0.1) is 0 Å². The van der Waals surface area contributed by atoms with E-state index in [2.05, 4.69) is 15.6 Å². The Kier molecular flexibility index (Phi) is 5.63. The first-order chi connectivity index (χ1) is 10.5. The number of guanidine groups is 1. The lowest BCUT2D eigenvalue weighted by atomic mass is 10.3. The lowest BCUT2D eigenvalue weighted by Crippen LogP contribution is -2.55. The first-order valence-corrected chi connectivity index (χ1v) is 8.13. The largest absolute Gasteiger partial charge is 0.356 e. The van der Waals surface area contributed by atoms with Gasteiger partial charge in [0.15, 0.2) is 5.96 Å². The number of aliphatic imine (C=N–C) groups is 1. The van der Waals surface area contributed by atoms with Crippen LogP contribution in [0.4, 0.5) is 0 Å². The highest BCUT2D eigenvalue weighted by Gasteiger charge is 2.36. The van der Waals surface area contributed by atoms with Crippen molar-refractivity contribution < 1.29 is 9.59 Å². The van der Waals surface area contributed by atoms with Crippen molar-refractivity contribution in [2.24, 2.45) is 4.99 Å². The van der Waals surface area contributed by atoms with Crippen LogP contribution in [0.15, 0.2) is 4.99 Å². The molecule has 124 valence electrons. The zero-order chi connectivity index (χ0) is 16.1. The molecule has 2 aliphatic rings. The quantitative estimate of drug-likeness (QED) is 0.544. The van der Waals surface area contributed by atoms with Gasteiger partial charge >= 0.3 is 0 Å². The lowest BCUT2D eigenvalue weighted by molar-refractivity contribution is -0.135. The highest BCUT2D eigenvalue weighted by atomic mass is 16.2. The molecule has 2 N–H and O–H groups in total. The third-order valence-electron chi connectivity index (χ3n) is 3.70. The molecule has 0 aromatic carbocycles. The molecule has 2 amide bonds. The third-order valence-corrected chi connectivity index (χ3v) is 3.70. The van der Waals surface area contributed by atoms with E-state index in [4.69, 9.17) is 0 Å². The number of nitrogens with one attached hydrogen (secondary N) is 2. The summed E-state index contributed by atoms with van der Waals surface area (Å²) in [5.74, 6) is 0.699. The predicted molar refractivity (Wildman–Crippen MR) is 85.6 cm³/mol. The molecule has 1 aliphatic heterocycles. The number of piperazine rings is 1. The van der Waals surface area contributed by atoms with Crippen LogP contribution in [0.2, 0.25) is 0 Å². The van der Waals surface area contributed by atoms with Crippen molar-refractivity contribution in [1.82, 2.24) is 20.4 Å². The molecule has 0 aromatic rings. The highest BCUT2D eigenvalue weighted by Crippen LogP contribution is 2.27. The SMILES string of the molecule is CCNC(=NCC(=O)NC(C)C)N1CCN(C2CC2)C(=O)C1. The number of nitrogens with zero attached hydrogens (tertiary/aromatic N) is 3. The Hall–Kier alpha value is -1.79. The van der Waals surface area contributed by atoms with Crippen LogP contribution < -0.4 is 10.6 Å². The van der Waals surface area contributed by atoms with Gasteiger partial charge in [0.05, 0.1) is 6.54 Å². The van der Waals surface area contributed by atoms with Crippen molar-refractivity contribution in [3.63, 3.8) is 0 Å². The van der Waals surface area contributed by atoms with E-state index < -0.39 is 0 Å². The van der Waals surface area contributed by atoms with Crippen molar-refractivity contribution in [3.8, 4) is 0 Å². The fourth-order valence-electron chi connectivity index (χ4n) is 2.58. The second-order valence-corrected chi connectivity index (χ2v) is 6.13. The molecule has 7 nitrogen and oxygen atoms in total. The minimum atomic E-state index is -0.103. The molecule has 0 bridgehead atoms. The molecule has 0 atom stereocenters. The molecule has 0 aromatic heterocycles. The van der Waals surface area contributed by atoms with Gasteiger partial charge in [0.1, 0.15) is 6.54 Å². The van der Waals surface area contributed by atoms with Gasteiger partial charge in [-0.05, 0) is 33.6 Å². The molecule has 1 aliphatic carbocycles. The maximum absolute atomic E-state index is 12.2. The van der Waals surface area contributed by atoms with E-state index in [1.54, 1.807) is 0 Å². The summed E-state index contributed by atoms with van der Waals surface area (Å²) < 4.78 is 0. The Morgan fingerprint density at radius 3 is 2.64 bits per heavy atom. The Labute approximate surface area is 132 Å². The maximum atomic E-state index is 12.2. The fourth-order valence-corrected chi connectivity index (χ4v) is 2.58. The molecule has 2 fully saturated rings. The van der Waals surface area contributed by atoms with Crippen molar-refractivity contribution in [3.05, 3.63) is 0 Å². The van der Waals surface area contributed by atoms with E-state index in [-0.39, 0.29) is 24.4 Å². The van der Waals surface area contributed by atoms with Crippen LogP contribution in [-0.4, -0.2) is 72.4 Å². The Morgan fingerprint density at radius 2 is 2.09 bits per heavy atom. The van der Waals surface area contributed by atoms with Crippen molar-refractivity contribution in [2.75, 3.05) is 32.7 Å². The number of hydrogen-bond acceptors (Lipinski definition) is 3. The molecule has 22 heavy (non-hydrogen) atoms. The van der Waals surface area contributed by atoms with Crippen molar-refractivity contribution in [2.45, 2.75) is 45.7 Å². The molecule has 1 saturated carbocycles. The van der Waals surface area contributed by atoms with E-state index in [1.807, 2.05) is 30.6 Å². The monoisotopic (exact) mass is 309 g/mol. The average Bonchev–Trinajstić information content (AvgIpc) is 3.27. The van der Waals surface area contributed by atoms with Crippen molar-refractivity contribution >= 4 is 17.8 Å². The van der Waals surface area contributed by atoms with E-state index in [9.17, 15) is 9.59 Å². The normalized spacial score (nSPS) is 19.6. The molecular weight excluding hydrogens is 282 g/mol. The summed E-state index contributed by atoms with van der Waals surface area (Å²) in [6.45, 7) is 8.45. The van der Waals surface area contributed by atoms with E-state index in [1.165, 1.54) is 0 Å². The van der Waals surface area contributed by atoms with Gasteiger partial charge in [0.25, 0.3) is 0 Å². The van der Waals surface area contributed by atoms with Crippen LogP contribution in [0.3, 0.4) is 0 Å². The van der Waals surface area contributed by atoms with Gasteiger partial charge in [-0.3, -0.25) is 9.59 Å². The number of carbonyl (C=O) groups excluding carboxylic acids is 2. The minimum absolute atomic E-state index is 0.0809. The van der Waals surface area contributed by atoms with Crippen LogP contribution in [0.5, 0.6) is 0 Å². The number of carbonyl (C=O) groups is 2. The van der Waals surface area contributed by atoms with Gasteiger partial charge in [0.2, 0.25) is 11.8 Å². The van der Waals surface area contributed by atoms with Crippen LogP contribution in [-0.2, 0) is 9.59 Å². The van der Waals surface area contributed by atoms with Gasteiger partial charge in [-0.2, -0.15) is 0 Å². The van der Waals surface area contributed by atoms with E-state index in [0.717, 1.165) is 25.9 Å². The summed E-state index contributed by atoms with van der Waals surface area (Å²) in [6.07, 6.45) is 2.27. The molecular formula is C15H27N5O2. The topological polar surface area (TPSA) is 77.0 Å². The Morgan fingerprint density at radius 1 is 1.36 bits per heavy atom. The summed E-state index contributed by atoms with van der Waals surface area (Å²) in [4.78, 5) is 32.2. The Balaban J connectivity index is 1.92. The molecule has 0 unspecified atom stereocenters. The zero-order valence-electron chi connectivity index (χ0n) is 13.8. The number of hydrogen-bond donors (Lipinski definition) is 2. The van der Waals surface area contributed by atoms with Gasteiger partial charge in [-0.1, -0.05) is 0 Å². The van der Waals surface area contributed by atoms with E-state index in [0.29, 0.717) is 25.1 Å². The third kappa shape index (κ3) is 4.61. The van der Waals surface area contributed by atoms with Gasteiger partial charge in [-0.25, -0.2) is 4.99 Å². The van der Waals surface area contributed by atoms with Gasteiger partial charge < -0.3 is 20.4 Å². The smallest absolute Gasteiger partial charge is 0.242 e. The number of amides is 2. The summed E-state index contributed by atoms with van der Waals surface area (Å²) in [7, 11) is 0. The summed E-state index contributed by atoms with van der Waals surface area (Å²) in [6, 6.07) is 0.569. The van der Waals surface area contributed by atoms with Gasteiger partial charge in [0, 0.05) is 31.7 Å². The summed E-state index contributed by atoms with van der Waals surface area (Å²) >= 11 is 0. The molecule has 0 radical (unpaired) electrons. The average molecular weight is 309 g/mol. The standard InChI is InChI=1S/C15H27N5O2/c1-4-16-15(17-9-13(21)18-11(2)3)19-7-8-20(12-5-6-12)14(22)10-19/h11-12H,4-10H2,1-3H3,(H,16,17)(H,18,21). The highest BCUT2D eigenvalue weighted by molar-refractivity contribution is 5.89. The molecule has 2 rings (SSSR count). The minimum Gasteiger partial charge on any atom is -0.356 e.